The van der Waals surface area contributed by atoms with Crippen molar-refractivity contribution in [3.8, 4) is 6.07 Å². The highest BCUT2D eigenvalue weighted by Crippen LogP contribution is 2.16. The Kier molecular flexibility index (Phi) is 3.96. The number of nitrogens with zero attached hydrogens (tertiary/aromatic N) is 2. The van der Waals surface area contributed by atoms with Gasteiger partial charge < -0.3 is 10.0 Å². The van der Waals surface area contributed by atoms with E-state index in [1.165, 1.54) is 0 Å². The van der Waals surface area contributed by atoms with Crippen molar-refractivity contribution in [2.24, 2.45) is 5.92 Å². The normalized spacial score (nSPS) is 20.4. The quantitative estimate of drug-likeness (QED) is 0.861. The second-order valence-electron chi connectivity index (χ2n) is 4.60. The highest BCUT2D eigenvalue weighted by molar-refractivity contribution is 5.81. The van der Waals surface area contributed by atoms with Gasteiger partial charge in [0.25, 0.3) is 0 Å². The third-order valence-electron chi connectivity index (χ3n) is 3.21. The van der Waals surface area contributed by atoms with Crippen LogP contribution in [0.4, 0.5) is 0 Å². The van der Waals surface area contributed by atoms with Crippen LogP contribution in [0, 0.1) is 17.2 Å². The fourth-order valence-corrected chi connectivity index (χ4v) is 2.20. The van der Waals surface area contributed by atoms with E-state index < -0.39 is 12.0 Å². The standard InChI is InChI=1S/C14H16N2O2/c15-9-12(8-11-4-2-1-3-5-11)14(18)16-7-6-13(17)10-16/h1-5,12-13,17H,6-8,10H2/t12?,13-/m0/s1. The maximum atomic E-state index is 12.1. The molecule has 0 bridgehead atoms. The molecule has 94 valence electrons. The van der Waals surface area contributed by atoms with E-state index in [0.29, 0.717) is 25.9 Å². The average Bonchev–Trinajstić information content (AvgIpc) is 2.83. The second kappa shape index (κ2) is 5.65. The van der Waals surface area contributed by atoms with Crippen LogP contribution in [0.1, 0.15) is 12.0 Å². The first-order valence-electron chi connectivity index (χ1n) is 6.11. The van der Waals surface area contributed by atoms with Crippen LogP contribution in [0.5, 0.6) is 0 Å². The topological polar surface area (TPSA) is 64.3 Å². The Hall–Kier alpha value is -1.86. The molecule has 1 aliphatic heterocycles. The molecule has 1 aromatic carbocycles. The lowest BCUT2D eigenvalue weighted by atomic mass is 9.99. The molecule has 1 heterocycles. The van der Waals surface area contributed by atoms with Crippen LogP contribution >= 0.6 is 0 Å². The highest BCUT2D eigenvalue weighted by atomic mass is 16.3. The number of aliphatic hydroxyl groups is 1. The molecule has 1 amide bonds. The van der Waals surface area contributed by atoms with Gasteiger partial charge in [-0.15, -0.1) is 0 Å². The maximum absolute atomic E-state index is 12.1. The van der Waals surface area contributed by atoms with Crippen molar-refractivity contribution >= 4 is 5.91 Å². The zero-order valence-electron chi connectivity index (χ0n) is 10.1. The first-order chi connectivity index (χ1) is 8.70. The van der Waals surface area contributed by atoms with Crippen LogP contribution in [0.3, 0.4) is 0 Å². The number of hydrogen-bond donors (Lipinski definition) is 1. The first kappa shape index (κ1) is 12.6. The Morgan fingerprint density at radius 1 is 1.50 bits per heavy atom. The number of likely N-dealkylation sites (tertiary alicyclic amines) is 1. The summed E-state index contributed by atoms with van der Waals surface area (Å²) in [4.78, 5) is 13.7. The molecule has 4 nitrogen and oxygen atoms in total. The molecule has 4 heteroatoms. The van der Waals surface area contributed by atoms with Crippen LogP contribution in [0.15, 0.2) is 30.3 Å². The van der Waals surface area contributed by atoms with Crippen molar-refractivity contribution in [3.05, 3.63) is 35.9 Å². The Morgan fingerprint density at radius 2 is 2.22 bits per heavy atom. The summed E-state index contributed by atoms with van der Waals surface area (Å²) in [6, 6.07) is 11.6. The van der Waals surface area contributed by atoms with Crippen LogP contribution in [-0.4, -0.2) is 35.1 Å². The minimum atomic E-state index is -0.655. The van der Waals surface area contributed by atoms with E-state index in [4.69, 9.17) is 5.26 Å². The van der Waals surface area contributed by atoms with Crippen molar-refractivity contribution in [1.82, 2.24) is 4.90 Å². The van der Waals surface area contributed by atoms with Gasteiger partial charge >= 0.3 is 0 Å². The molecular weight excluding hydrogens is 228 g/mol. The Labute approximate surface area is 106 Å². The van der Waals surface area contributed by atoms with E-state index in [1.54, 1.807) is 4.90 Å². The molecule has 2 atom stereocenters. The summed E-state index contributed by atoms with van der Waals surface area (Å²) in [7, 11) is 0. The summed E-state index contributed by atoms with van der Waals surface area (Å²) in [5.41, 5.74) is 0.983. The van der Waals surface area contributed by atoms with Gasteiger partial charge in [0.05, 0.1) is 12.2 Å². The number of amides is 1. The Morgan fingerprint density at radius 3 is 2.78 bits per heavy atom. The number of benzene rings is 1. The monoisotopic (exact) mass is 244 g/mol. The fraction of sp³-hybridized carbons (Fsp3) is 0.429. The molecule has 0 aromatic heterocycles. The second-order valence-corrected chi connectivity index (χ2v) is 4.60. The highest BCUT2D eigenvalue weighted by Gasteiger charge is 2.29. The van der Waals surface area contributed by atoms with E-state index in [2.05, 4.69) is 6.07 Å². The third-order valence-corrected chi connectivity index (χ3v) is 3.21. The van der Waals surface area contributed by atoms with Crippen LogP contribution < -0.4 is 0 Å². The smallest absolute Gasteiger partial charge is 0.240 e. The maximum Gasteiger partial charge on any atom is 0.240 e. The number of rotatable bonds is 3. The summed E-state index contributed by atoms with van der Waals surface area (Å²) in [6.07, 6.45) is 0.600. The SMILES string of the molecule is N#CC(Cc1ccccc1)C(=O)N1CC[C@H](O)C1. The minimum absolute atomic E-state index is 0.169. The largest absolute Gasteiger partial charge is 0.391 e. The molecule has 1 unspecified atom stereocenters. The van der Waals surface area contributed by atoms with Crippen molar-refractivity contribution in [2.45, 2.75) is 18.9 Å². The van der Waals surface area contributed by atoms with Gasteiger partial charge in [0.2, 0.25) is 5.91 Å². The molecule has 0 saturated carbocycles. The molecule has 1 saturated heterocycles. The van der Waals surface area contributed by atoms with Gasteiger partial charge in [-0.1, -0.05) is 30.3 Å². The van der Waals surface area contributed by atoms with Gasteiger partial charge in [0.15, 0.2) is 0 Å². The summed E-state index contributed by atoms with van der Waals surface area (Å²) >= 11 is 0. The van der Waals surface area contributed by atoms with Gasteiger partial charge in [-0.3, -0.25) is 4.79 Å². The number of β-amino-alcohol motifs (C(OH)–C–C–N with tert-alkyl or cyclic N) is 1. The molecule has 0 spiro atoms. The molecule has 1 aromatic rings. The van der Waals surface area contributed by atoms with Gasteiger partial charge in [-0.05, 0) is 18.4 Å². The molecule has 1 N–H and O–H groups in total. The molecular formula is C14H16N2O2. The molecule has 0 radical (unpaired) electrons. The number of carbonyl (C=O) groups is 1. The van der Waals surface area contributed by atoms with Gasteiger partial charge in [0, 0.05) is 13.1 Å². The predicted octanol–water partition coefficient (Wildman–Crippen LogP) is 0.962. The Balaban J connectivity index is 2.01. The zero-order valence-corrected chi connectivity index (χ0v) is 10.1. The molecule has 0 aliphatic carbocycles. The third kappa shape index (κ3) is 2.88. The van der Waals surface area contributed by atoms with Crippen molar-refractivity contribution in [1.29, 1.82) is 5.26 Å². The molecule has 1 fully saturated rings. The van der Waals surface area contributed by atoms with Gasteiger partial charge in [-0.25, -0.2) is 0 Å². The summed E-state index contributed by atoms with van der Waals surface area (Å²) in [5, 5.41) is 18.5. The molecule has 1 aliphatic rings. The van der Waals surface area contributed by atoms with E-state index in [-0.39, 0.29) is 5.91 Å². The van der Waals surface area contributed by atoms with Crippen LogP contribution in [0.2, 0.25) is 0 Å². The molecule has 2 rings (SSSR count). The lowest BCUT2D eigenvalue weighted by Crippen LogP contribution is -2.35. The van der Waals surface area contributed by atoms with Crippen molar-refractivity contribution < 1.29 is 9.90 Å². The van der Waals surface area contributed by atoms with E-state index in [0.717, 1.165) is 5.56 Å². The summed E-state index contributed by atoms with van der Waals surface area (Å²) in [6.45, 7) is 0.902. The number of aliphatic hydroxyl groups excluding tert-OH is 1. The zero-order chi connectivity index (χ0) is 13.0. The van der Waals surface area contributed by atoms with Gasteiger partial charge in [0.1, 0.15) is 5.92 Å². The van der Waals surface area contributed by atoms with E-state index >= 15 is 0 Å². The van der Waals surface area contributed by atoms with Crippen LogP contribution in [0.25, 0.3) is 0 Å². The molecule has 18 heavy (non-hydrogen) atoms. The predicted molar refractivity (Wildman–Crippen MR) is 66.5 cm³/mol. The van der Waals surface area contributed by atoms with Crippen molar-refractivity contribution in [2.75, 3.05) is 13.1 Å². The number of carbonyl (C=O) groups excluding carboxylic acids is 1. The van der Waals surface area contributed by atoms with Crippen LogP contribution in [-0.2, 0) is 11.2 Å². The van der Waals surface area contributed by atoms with Crippen molar-refractivity contribution in [3.63, 3.8) is 0 Å². The number of hydrogen-bond acceptors (Lipinski definition) is 3. The number of nitriles is 1. The fourth-order valence-electron chi connectivity index (χ4n) is 2.20. The lowest BCUT2D eigenvalue weighted by Gasteiger charge is -2.18. The Bertz CT molecular complexity index is 453. The summed E-state index contributed by atoms with van der Waals surface area (Å²) < 4.78 is 0. The van der Waals surface area contributed by atoms with E-state index in [1.807, 2.05) is 30.3 Å². The minimum Gasteiger partial charge on any atom is -0.391 e. The summed E-state index contributed by atoms with van der Waals surface area (Å²) in [5.74, 6) is -0.824. The average molecular weight is 244 g/mol. The lowest BCUT2D eigenvalue weighted by molar-refractivity contribution is -0.133. The van der Waals surface area contributed by atoms with Gasteiger partial charge in [-0.2, -0.15) is 5.26 Å². The first-order valence-corrected chi connectivity index (χ1v) is 6.11. The van der Waals surface area contributed by atoms with E-state index in [9.17, 15) is 9.90 Å².